The Labute approximate surface area is 192 Å². The average molecular weight is 473 g/mol. The monoisotopic (exact) mass is 472 g/mol. The number of rotatable bonds is 9. The smallest absolute Gasteiger partial charge is 0.338 e. The van der Waals surface area contributed by atoms with Crippen LogP contribution < -0.4 is 4.72 Å². The van der Waals surface area contributed by atoms with Gasteiger partial charge in [-0.25, -0.2) is 22.3 Å². The molecule has 1 aromatic heterocycles. The van der Waals surface area contributed by atoms with Crippen molar-refractivity contribution in [3.63, 3.8) is 0 Å². The summed E-state index contributed by atoms with van der Waals surface area (Å²) in [4.78, 5) is 25.0. The first-order valence-electron chi connectivity index (χ1n) is 10.3. The number of nitrogens with one attached hydrogen (secondary N) is 1. The minimum atomic E-state index is -3.71. The van der Waals surface area contributed by atoms with E-state index >= 15 is 0 Å². The van der Waals surface area contributed by atoms with Gasteiger partial charge in [-0.1, -0.05) is 18.2 Å². The molecule has 0 amide bonds. The molecule has 2 aromatic carbocycles. The lowest BCUT2D eigenvalue weighted by molar-refractivity contribution is 0.0474. The molecule has 3 rings (SSSR count). The minimum absolute atomic E-state index is 0.0314. The second kappa shape index (κ2) is 10.1. The summed E-state index contributed by atoms with van der Waals surface area (Å²) in [6, 6.07) is 13.4. The zero-order chi connectivity index (χ0) is 24.2. The Balaban J connectivity index is 1.66. The van der Waals surface area contributed by atoms with Crippen LogP contribution in [0.4, 0.5) is 4.39 Å². The summed E-state index contributed by atoms with van der Waals surface area (Å²) in [5.74, 6) is -1.44. The van der Waals surface area contributed by atoms with Gasteiger partial charge in [-0.15, -0.1) is 0 Å². The predicted octanol–water partition coefficient (Wildman–Crippen LogP) is 3.43. The van der Waals surface area contributed by atoms with Crippen molar-refractivity contribution in [1.29, 1.82) is 0 Å². The summed E-state index contributed by atoms with van der Waals surface area (Å²) in [7, 11) is -2.44. The van der Waals surface area contributed by atoms with Crippen LogP contribution in [0.15, 0.2) is 59.5 Å². The lowest BCUT2D eigenvalue weighted by atomic mass is 10.1. The van der Waals surface area contributed by atoms with Gasteiger partial charge in [-0.3, -0.25) is 4.79 Å². The number of nitrogens with zero attached hydrogens (tertiary/aromatic N) is 1. The third-order valence-electron chi connectivity index (χ3n) is 5.39. The van der Waals surface area contributed by atoms with Crippen LogP contribution in [0.25, 0.3) is 0 Å². The molecular weight excluding hydrogens is 447 g/mol. The maximum atomic E-state index is 13.1. The minimum Gasteiger partial charge on any atom is -0.454 e. The standard InChI is InChI=1S/C24H25FN2O5S/c1-16-13-22(17(2)27(16)12-11-18-7-9-20(25)10-8-18)23(28)15-32-24(29)19-5-4-6-21(14-19)33(30,31)26-3/h4-10,13-14,26H,11-12,15H2,1-3H3. The number of halogens is 1. The SMILES string of the molecule is CNS(=O)(=O)c1cccc(C(=O)OCC(=O)c2cc(C)n(CCc3ccc(F)cc3)c2C)c1. The van der Waals surface area contributed by atoms with Crippen LogP contribution in [0.2, 0.25) is 0 Å². The second-order valence-corrected chi connectivity index (χ2v) is 9.43. The van der Waals surface area contributed by atoms with E-state index in [1.807, 2.05) is 18.4 Å². The maximum Gasteiger partial charge on any atom is 0.338 e. The summed E-state index contributed by atoms with van der Waals surface area (Å²) in [5.41, 5.74) is 3.09. The molecular formula is C24H25FN2O5S. The highest BCUT2D eigenvalue weighted by Crippen LogP contribution is 2.18. The number of hydrogen-bond donors (Lipinski definition) is 1. The van der Waals surface area contributed by atoms with Crippen molar-refractivity contribution in [1.82, 2.24) is 9.29 Å². The fourth-order valence-electron chi connectivity index (χ4n) is 3.52. The fourth-order valence-corrected chi connectivity index (χ4v) is 4.30. The van der Waals surface area contributed by atoms with Crippen LogP contribution in [0.5, 0.6) is 0 Å². The van der Waals surface area contributed by atoms with E-state index in [0.717, 1.165) is 17.0 Å². The predicted molar refractivity (Wildman–Crippen MR) is 121 cm³/mol. The topological polar surface area (TPSA) is 94.5 Å². The lowest BCUT2D eigenvalue weighted by Gasteiger charge is -2.10. The average Bonchev–Trinajstić information content (AvgIpc) is 3.10. The van der Waals surface area contributed by atoms with Gasteiger partial charge in [0.05, 0.1) is 10.5 Å². The molecule has 0 fully saturated rings. The number of ether oxygens (including phenoxy) is 1. The number of benzene rings is 2. The highest BCUT2D eigenvalue weighted by molar-refractivity contribution is 7.89. The summed E-state index contributed by atoms with van der Waals surface area (Å²) < 4.78 is 46.2. The summed E-state index contributed by atoms with van der Waals surface area (Å²) in [6.45, 7) is 3.85. The molecule has 3 aromatic rings. The van der Waals surface area contributed by atoms with E-state index < -0.39 is 22.6 Å². The molecule has 7 nitrogen and oxygen atoms in total. The first-order chi connectivity index (χ1) is 15.6. The summed E-state index contributed by atoms with van der Waals surface area (Å²) >= 11 is 0. The number of aromatic nitrogens is 1. The van der Waals surface area contributed by atoms with Gasteiger partial charge in [0.2, 0.25) is 15.8 Å². The normalized spacial score (nSPS) is 11.4. The van der Waals surface area contributed by atoms with E-state index in [4.69, 9.17) is 4.74 Å². The van der Waals surface area contributed by atoms with Gasteiger partial charge in [0, 0.05) is 23.5 Å². The van der Waals surface area contributed by atoms with Crippen LogP contribution in [-0.2, 0) is 27.7 Å². The first kappa shape index (κ1) is 24.3. The molecule has 0 atom stereocenters. The van der Waals surface area contributed by atoms with Gasteiger partial charge < -0.3 is 9.30 Å². The molecule has 0 radical (unpaired) electrons. The van der Waals surface area contributed by atoms with Gasteiger partial charge in [0.15, 0.2) is 6.61 Å². The van der Waals surface area contributed by atoms with Crippen molar-refractivity contribution in [2.75, 3.05) is 13.7 Å². The Hall–Kier alpha value is -3.30. The van der Waals surface area contributed by atoms with E-state index in [-0.39, 0.29) is 22.1 Å². The molecule has 9 heteroatoms. The van der Waals surface area contributed by atoms with E-state index in [9.17, 15) is 22.4 Å². The quantitative estimate of drug-likeness (QED) is 0.380. The summed E-state index contributed by atoms with van der Waals surface area (Å²) in [6.07, 6.45) is 0.672. The van der Waals surface area contributed by atoms with Gasteiger partial charge in [0.1, 0.15) is 5.82 Å². The first-order valence-corrected chi connectivity index (χ1v) is 11.8. The number of hydrogen-bond acceptors (Lipinski definition) is 5. The molecule has 33 heavy (non-hydrogen) atoms. The van der Waals surface area contributed by atoms with Crippen LogP contribution >= 0.6 is 0 Å². The molecule has 0 saturated heterocycles. The molecule has 0 aliphatic rings. The van der Waals surface area contributed by atoms with Crippen molar-refractivity contribution >= 4 is 21.8 Å². The zero-order valence-electron chi connectivity index (χ0n) is 18.6. The van der Waals surface area contributed by atoms with Gasteiger partial charge in [-0.05, 0) is 69.3 Å². The van der Waals surface area contributed by atoms with Gasteiger partial charge in [-0.2, -0.15) is 0 Å². The van der Waals surface area contributed by atoms with Crippen molar-refractivity contribution in [3.8, 4) is 0 Å². The largest absolute Gasteiger partial charge is 0.454 e. The Kier molecular flexibility index (Phi) is 7.45. The number of carbonyl (C=O) groups excluding carboxylic acids is 2. The van der Waals surface area contributed by atoms with Crippen LogP contribution in [0.1, 0.15) is 37.7 Å². The van der Waals surface area contributed by atoms with E-state index in [0.29, 0.717) is 18.5 Å². The van der Waals surface area contributed by atoms with Crippen LogP contribution in [-0.4, -0.2) is 38.4 Å². The second-order valence-electron chi connectivity index (χ2n) is 7.55. The van der Waals surface area contributed by atoms with Crippen LogP contribution in [0.3, 0.4) is 0 Å². The lowest BCUT2D eigenvalue weighted by Crippen LogP contribution is -2.19. The van der Waals surface area contributed by atoms with E-state index in [1.165, 1.54) is 43.4 Å². The highest BCUT2D eigenvalue weighted by Gasteiger charge is 2.19. The van der Waals surface area contributed by atoms with Gasteiger partial charge in [0.25, 0.3) is 0 Å². The molecule has 0 aliphatic heterocycles. The van der Waals surface area contributed by atoms with E-state index in [1.54, 1.807) is 18.2 Å². The van der Waals surface area contributed by atoms with Gasteiger partial charge >= 0.3 is 5.97 Å². The molecule has 174 valence electrons. The number of ketones is 1. The van der Waals surface area contributed by atoms with Crippen molar-refractivity contribution in [2.24, 2.45) is 0 Å². The van der Waals surface area contributed by atoms with Crippen LogP contribution in [0, 0.1) is 19.7 Å². The Morgan fingerprint density at radius 1 is 1.06 bits per heavy atom. The fraction of sp³-hybridized carbons (Fsp3) is 0.250. The van der Waals surface area contributed by atoms with Crippen molar-refractivity contribution < 1.29 is 27.1 Å². The molecule has 0 saturated carbocycles. The van der Waals surface area contributed by atoms with E-state index in [2.05, 4.69) is 4.72 Å². The third-order valence-corrected chi connectivity index (χ3v) is 6.81. The number of Topliss-reactive ketones (excluding diaryl/α,β-unsaturated/α-hetero) is 1. The molecule has 1 heterocycles. The number of aryl methyl sites for hydroxylation is 2. The maximum absolute atomic E-state index is 13.1. The molecule has 0 bridgehead atoms. The van der Waals surface area contributed by atoms with Crippen molar-refractivity contribution in [3.05, 3.63) is 88.5 Å². The third kappa shape index (κ3) is 5.74. The Bertz CT molecular complexity index is 1280. The van der Waals surface area contributed by atoms with Crippen molar-refractivity contribution in [2.45, 2.75) is 31.7 Å². The molecule has 1 N–H and O–H groups in total. The Morgan fingerprint density at radius 2 is 1.76 bits per heavy atom. The molecule has 0 aliphatic carbocycles. The zero-order valence-corrected chi connectivity index (χ0v) is 19.4. The molecule has 0 spiro atoms. The Morgan fingerprint density at radius 3 is 2.42 bits per heavy atom. The highest BCUT2D eigenvalue weighted by atomic mass is 32.2. The number of carbonyl (C=O) groups is 2. The summed E-state index contributed by atoms with van der Waals surface area (Å²) in [5, 5.41) is 0. The number of esters is 1. The number of sulfonamides is 1. The molecule has 0 unspecified atom stereocenters.